The van der Waals surface area contributed by atoms with Crippen LogP contribution in [0.3, 0.4) is 0 Å². The van der Waals surface area contributed by atoms with Gasteiger partial charge in [0.15, 0.2) is 0 Å². The molecule has 1 heterocycles. The van der Waals surface area contributed by atoms with Crippen LogP contribution in [0.2, 0.25) is 0 Å². The van der Waals surface area contributed by atoms with Gasteiger partial charge >= 0.3 is 0 Å². The summed E-state index contributed by atoms with van der Waals surface area (Å²) < 4.78 is 0.527. The van der Waals surface area contributed by atoms with Crippen molar-refractivity contribution in [3.05, 3.63) is 68.4 Å². The molecule has 1 aromatic carbocycles. The third-order valence-electron chi connectivity index (χ3n) is 2.62. The van der Waals surface area contributed by atoms with E-state index in [4.69, 9.17) is 0 Å². The summed E-state index contributed by atoms with van der Waals surface area (Å²) >= 11 is 3.27. The Hall–Kier alpha value is -1.79. The first-order valence-electron chi connectivity index (χ1n) is 5.70. The molecule has 0 saturated heterocycles. The van der Waals surface area contributed by atoms with Crippen molar-refractivity contribution in [2.75, 3.05) is 0 Å². The number of halogens is 1. The largest absolute Gasteiger partial charge is 0.309 e. The maximum absolute atomic E-state index is 10.8. The van der Waals surface area contributed by atoms with Crippen LogP contribution in [-0.4, -0.2) is 9.91 Å². The molecule has 0 fully saturated rings. The van der Waals surface area contributed by atoms with Crippen LogP contribution in [0.4, 0.5) is 5.69 Å². The van der Waals surface area contributed by atoms with Crippen molar-refractivity contribution in [1.82, 2.24) is 10.3 Å². The van der Waals surface area contributed by atoms with E-state index >= 15 is 0 Å². The predicted molar refractivity (Wildman–Crippen MR) is 75.6 cm³/mol. The highest BCUT2D eigenvalue weighted by molar-refractivity contribution is 9.10. The first-order chi connectivity index (χ1) is 9.18. The number of benzene rings is 1. The molecule has 0 aliphatic carbocycles. The van der Waals surface area contributed by atoms with E-state index in [2.05, 4.69) is 26.2 Å². The number of nitro groups is 1. The van der Waals surface area contributed by atoms with Crippen molar-refractivity contribution in [3.63, 3.8) is 0 Å². The molecule has 0 bridgehead atoms. The monoisotopic (exact) mass is 321 g/mol. The number of pyridine rings is 1. The quantitative estimate of drug-likeness (QED) is 0.679. The highest BCUT2D eigenvalue weighted by atomic mass is 79.9. The van der Waals surface area contributed by atoms with E-state index in [1.165, 1.54) is 6.07 Å². The molecule has 2 rings (SSSR count). The number of nitrogens with one attached hydrogen (secondary N) is 1. The second-order valence-corrected chi connectivity index (χ2v) is 4.77. The lowest BCUT2D eigenvalue weighted by Crippen LogP contribution is -2.13. The Balaban J connectivity index is 2.00. The van der Waals surface area contributed by atoms with E-state index in [0.717, 1.165) is 11.1 Å². The zero-order chi connectivity index (χ0) is 13.7. The van der Waals surface area contributed by atoms with Gasteiger partial charge in [0.25, 0.3) is 5.69 Å². The Morgan fingerprint density at radius 3 is 2.79 bits per heavy atom. The van der Waals surface area contributed by atoms with E-state index < -0.39 is 4.92 Å². The molecule has 0 radical (unpaired) electrons. The van der Waals surface area contributed by atoms with E-state index in [-0.39, 0.29) is 5.69 Å². The van der Waals surface area contributed by atoms with Crippen molar-refractivity contribution < 1.29 is 4.92 Å². The summed E-state index contributed by atoms with van der Waals surface area (Å²) in [5.74, 6) is 0. The van der Waals surface area contributed by atoms with Crippen molar-refractivity contribution in [3.8, 4) is 0 Å². The minimum Gasteiger partial charge on any atom is -0.309 e. The molecule has 6 heteroatoms. The maximum Gasteiger partial charge on any atom is 0.283 e. The third-order valence-corrected chi connectivity index (χ3v) is 3.54. The Kier molecular flexibility index (Phi) is 4.59. The molecule has 0 aliphatic rings. The summed E-state index contributed by atoms with van der Waals surface area (Å²) in [4.78, 5) is 14.4. The molecule has 98 valence electrons. The number of rotatable bonds is 5. The van der Waals surface area contributed by atoms with Gasteiger partial charge in [-0.25, -0.2) is 0 Å². The zero-order valence-electron chi connectivity index (χ0n) is 10.0. The van der Waals surface area contributed by atoms with Gasteiger partial charge in [0.05, 0.1) is 9.40 Å². The van der Waals surface area contributed by atoms with Gasteiger partial charge in [-0.1, -0.05) is 18.2 Å². The van der Waals surface area contributed by atoms with E-state index in [9.17, 15) is 10.1 Å². The molecular weight excluding hydrogens is 310 g/mol. The first-order valence-corrected chi connectivity index (χ1v) is 6.49. The van der Waals surface area contributed by atoms with Crippen LogP contribution in [0.25, 0.3) is 0 Å². The van der Waals surface area contributed by atoms with Gasteiger partial charge in [-0.05, 0) is 33.1 Å². The van der Waals surface area contributed by atoms with Crippen LogP contribution in [-0.2, 0) is 13.1 Å². The van der Waals surface area contributed by atoms with Gasteiger partial charge < -0.3 is 5.32 Å². The SMILES string of the molecule is O=[N+]([O-])c1cccc(CNCc2cccnc2)c1Br. The molecule has 1 N–H and O–H groups in total. The summed E-state index contributed by atoms with van der Waals surface area (Å²) in [6.07, 6.45) is 3.51. The molecule has 0 spiro atoms. The Morgan fingerprint density at radius 1 is 1.26 bits per heavy atom. The molecule has 2 aromatic rings. The topological polar surface area (TPSA) is 68.1 Å². The summed E-state index contributed by atoms with van der Waals surface area (Å²) in [5, 5.41) is 14.0. The highest BCUT2D eigenvalue weighted by Gasteiger charge is 2.14. The van der Waals surface area contributed by atoms with Gasteiger partial charge in [-0.3, -0.25) is 15.1 Å². The van der Waals surface area contributed by atoms with E-state index in [0.29, 0.717) is 17.6 Å². The van der Waals surface area contributed by atoms with Gasteiger partial charge in [0.2, 0.25) is 0 Å². The second-order valence-electron chi connectivity index (χ2n) is 3.97. The number of hydrogen-bond acceptors (Lipinski definition) is 4. The average Bonchev–Trinajstić information content (AvgIpc) is 2.41. The fourth-order valence-corrected chi connectivity index (χ4v) is 2.24. The minimum atomic E-state index is -0.394. The predicted octanol–water partition coefficient (Wildman–Crippen LogP) is 3.04. The van der Waals surface area contributed by atoms with Crippen LogP contribution >= 0.6 is 15.9 Å². The van der Waals surface area contributed by atoms with Crippen molar-refractivity contribution >= 4 is 21.6 Å². The van der Waals surface area contributed by atoms with Crippen molar-refractivity contribution in [2.24, 2.45) is 0 Å². The average molecular weight is 322 g/mol. The van der Waals surface area contributed by atoms with Crippen LogP contribution < -0.4 is 5.32 Å². The van der Waals surface area contributed by atoms with Gasteiger partial charge in [-0.2, -0.15) is 0 Å². The highest BCUT2D eigenvalue weighted by Crippen LogP contribution is 2.28. The molecule has 0 unspecified atom stereocenters. The van der Waals surface area contributed by atoms with Crippen LogP contribution in [0.15, 0.2) is 47.2 Å². The standard InChI is InChI=1S/C13H12BrN3O2/c14-13-11(4-1-5-12(13)17(18)19)9-16-8-10-3-2-6-15-7-10/h1-7,16H,8-9H2. The van der Waals surface area contributed by atoms with Crippen molar-refractivity contribution in [2.45, 2.75) is 13.1 Å². The number of hydrogen-bond donors (Lipinski definition) is 1. The number of aromatic nitrogens is 1. The fourth-order valence-electron chi connectivity index (χ4n) is 1.69. The molecule has 1 aromatic heterocycles. The zero-order valence-corrected chi connectivity index (χ0v) is 11.6. The van der Waals surface area contributed by atoms with E-state index in [1.54, 1.807) is 18.5 Å². The third kappa shape index (κ3) is 3.59. The summed E-state index contributed by atoms with van der Waals surface area (Å²) in [7, 11) is 0. The van der Waals surface area contributed by atoms with Gasteiger partial charge in [0.1, 0.15) is 0 Å². The minimum absolute atomic E-state index is 0.0840. The molecule has 0 atom stereocenters. The van der Waals surface area contributed by atoms with Crippen LogP contribution in [0.1, 0.15) is 11.1 Å². The molecular formula is C13H12BrN3O2. The fraction of sp³-hybridized carbons (Fsp3) is 0.154. The van der Waals surface area contributed by atoms with Crippen LogP contribution in [0.5, 0.6) is 0 Å². The summed E-state index contributed by atoms with van der Waals surface area (Å²) in [6, 6.07) is 8.87. The number of nitro benzene ring substituents is 1. The van der Waals surface area contributed by atoms with E-state index in [1.807, 2.05) is 18.2 Å². The summed E-state index contributed by atoms with van der Waals surface area (Å²) in [5.41, 5.74) is 2.02. The lowest BCUT2D eigenvalue weighted by molar-refractivity contribution is -0.385. The molecule has 5 nitrogen and oxygen atoms in total. The second kappa shape index (κ2) is 6.40. The maximum atomic E-state index is 10.8. The molecule has 0 aliphatic heterocycles. The smallest absolute Gasteiger partial charge is 0.283 e. The Labute approximate surface area is 119 Å². The lowest BCUT2D eigenvalue weighted by Gasteiger charge is -2.07. The molecule has 19 heavy (non-hydrogen) atoms. The van der Waals surface area contributed by atoms with Gasteiger partial charge in [0, 0.05) is 31.5 Å². The van der Waals surface area contributed by atoms with Crippen LogP contribution in [0, 0.1) is 10.1 Å². The molecule has 0 amide bonds. The van der Waals surface area contributed by atoms with Crippen molar-refractivity contribution in [1.29, 1.82) is 0 Å². The Morgan fingerprint density at radius 2 is 2.11 bits per heavy atom. The summed E-state index contributed by atoms with van der Waals surface area (Å²) in [6.45, 7) is 1.22. The number of nitrogens with zero attached hydrogens (tertiary/aromatic N) is 2. The lowest BCUT2D eigenvalue weighted by atomic mass is 10.2. The normalized spacial score (nSPS) is 10.4. The van der Waals surface area contributed by atoms with Gasteiger partial charge in [-0.15, -0.1) is 0 Å². The Bertz CT molecular complexity index is 575. The first kappa shape index (κ1) is 13.6. The molecule has 0 saturated carbocycles.